The maximum atomic E-state index is 13.0. The van der Waals surface area contributed by atoms with Gasteiger partial charge in [-0.05, 0) is 42.5 Å². The number of nitrogens with zero attached hydrogens (tertiary/aromatic N) is 2. The average molecular weight is 551 g/mol. The van der Waals surface area contributed by atoms with Crippen LogP contribution >= 0.6 is 34.5 Å². The van der Waals surface area contributed by atoms with Gasteiger partial charge in [-0.25, -0.2) is 0 Å². The first-order valence-corrected chi connectivity index (χ1v) is 12.8. The van der Waals surface area contributed by atoms with Crippen LogP contribution in [0.2, 0.25) is 10.0 Å². The van der Waals surface area contributed by atoms with Gasteiger partial charge < -0.3 is 9.47 Å². The fraction of sp³-hybridized carbons (Fsp3) is 0.0455. The van der Waals surface area contributed by atoms with E-state index in [9.17, 15) is 13.2 Å². The van der Waals surface area contributed by atoms with Gasteiger partial charge in [-0.15, -0.1) is 10.2 Å². The number of methoxy groups -OCH3 is 1. The standard InChI is InChI=1S/C22H16Cl2N4O5S2/c1-32-18-8-4-5-9-19(18)33-17-11-10-13(23)12-16(17)28-35(30,31)22-27-26-21(34-22)25-20(29)14-6-2-3-7-15(14)24/h2-12,28H,1H3,(H,25,26,29). The van der Waals surface area contributed by atoms with Crippen LogP contribution in [0.15, 0.2) is 71.1 Å². The molecular weight excluding hydrogens is 535 g/mol. The summed E-state index contributed by atoms with van der Waals surface area (Å²) in [6.07, 6.45) is 0. The van der Waals surface area contributed by atoms with E-state index >= 15 is 0 Å². The van der Waals surface area contributed by atoms with E-state index in [1.165, 1.54) is 25.3 Å². The quantitative estimate of drug-likeness (QED) is 0.270. The molecule has 0 saturated carbocycles. The van der Waals surface area contributed by atoms with Crippen molar-refractivity contribution in [1.29, 1.82) is 0 Å². The lowest BCUT2D eigenvalue weighted by Gasteiger charge is -2.14. The number of nitrogens with one attached hydrogen (secondary N) is 2. The van der Waals surface area contributed by atoms with Crippen molar-refractivity contribution in [3.8, 4) is 17.2 Å². The topological polar surface area (TPSA) is 120 Å². The molecule has 0 fully saturated rings. The lowest BCUT2D eigenvalue weighted by atomic mass is 10.2. The number of sulfonamides is 1. The van der Waals surface area contributed by atoms with Crippen LogP contribution in [-0.4, -0.2) is 31.6 Å². The van der Waals surface area contributed by atoms with Gasteiger partial charge >= 0.3 is 0 Å². The number of aromatic nitrogens is 2. The lowest BCUT2D eigenvalue weighted by Crippen LogP contribution is -2.13. The fourth-order valence-electron chi connectivity index (χ4n) is 2.86. The third-order valence-electron chi connectivity index (χ3n) is 4.45. The van der Waals surface area contributed by atoms with Gasteiger partial charge in [-0.1, -0.05) is 58.8 Å². The Morgan fingerprint density at radius 3 is 2.40 bits per heavy atom. The normalized spacial score (nSPS) is 11.1. The van der Waals surface area contributed by atoms with E-state index in [2.05, 4.69) is 20.2 Å². The number of para-hydroxylation sites is 2. The summed E-state index contributed by atoms with van der Waals surface area (Å²) in [5.41, 5.74) is 0.282. The van der Waals surface area contributed by atoms with Crippen LogP contribution in [0.4, 0.5) is 10.8 Å². The number of anilines is 2. The Morgan fingerprint density at radius 1 is 0.943 bits per heavy atom. The van der Waals surface area contributed by atoms with Crippen LogP contribution < -0.4 is 19.5 Å². The monoisotopic (exact) mass is 550 g/mol. The molecule has 0 radical (unpaired) electrons. The van der Waals surface area contributed by atoms with Gasteiger partial charge in [0.1, 0.15) is 0 Å². The summed E-state index contributed by atoms with van der Waals surface area (Å²) in [5, 5.41) is 10.4. The first-order valence-electron chi connectivity index (χ1n) is 9.79. The average Bonchev–Trinajstić information content (AvgIpc) is 3.31. The molecule has 1 heterocycles. The summed E-state index contributed by atoms with van der Waals surface area (Å²) in [6, 6.07) is 17.8. The third-order valence-corrected chi connectivity index (χ3v) is 7.59. The van der Waals surface area contributed by atoms with Crippen molar-refractivity contribution in [2.24, 2.45) is 0 Å². The summed E-state index contributed by atoms with van der Waals surface area (Å²) in [4.78, 5) is 12.4. The van der Waals surface area contributed by atoms with Crippen LogP contribution in [0.25, 0.3) is 0 Å². The zero-order valence-electron chi connectivity index (χ0n) is 17.9. The van der Waals surface area contributed by atoms with Gasteiger partial charge in [0.15, 0.2) is 17.2 Å². The predicted octanol–water partition coefficient (Wildman–Crippen LogP) is 5.70. The molecule has 9 nitrogen and oxygen atoms in total. The number of carbonyl (C=O) groups excluding carboxylic acids is 1. The Labute approximate surface area is 214 Å². The van der Waals surface area contributed by atoms with Crippen LogP contribution in [0.5, 0.6) is 17.2 Å². The zero-order chi connectivity index (χ0) is 25.0. The number of amides is 1. The number of halogens is 2. The van der Waals surface area contributed by atoms with Crippen molar-refractivity contribution in [1.82, 2.24) is 10.2 Å². The van der Waals surface area contributed by atoms with Gasteiger partial charge in [0.2, 0.25) is 5.13 Å². The molecule has 1 aromatic heterocycles. The number of benzene rings is 3. The van der Waals surface area contributed by atoms with Crippen molar-refractivity contribution in [2.45, 2.75) is 4.34 Å². The van der Waals surface area contributed by atoms with Gasteiger partial charge in [0, 0.05) is 5.02 Å². The minimum absolute atomic E-state index is 0.0214. The predicted molar refractivity (Wildman–Crippen MR) is 135 cm³/mol. The smallest absolute Gasteiger partial charge is 0.291 e. The van der Waals surface area contributed by atoms with E-state index in [-0.39, 0.29) is 36.5 Å². The number of hydrogen-bond donors (Lipinski definition) is 2. The summed E-state index contributed by atoms with van der Waals surface area (Å²) in [6.45, 7) is 0. The molecule has 0 aliphatic carbocycles. The van der Waals surface area contributed by atoms with Gasteiger partial charge in [0.25, 0.3) is 20.3 Å². The minimum atomic E-state index is -4.20. The van der Waals surface area contributed by atoms with E-state index in [1.54, 1.807) is 48.5 Å². The number of rotatable bonds is 8. The first kappa shape index (κ1) is 24.7. The van der Waals surface area contributed by atoms with Gasteiger partial charge in [-0.2, -0.15) is 8.42 Å². The second kappa shape index (κ2) is 10.5. The van der Waals surface area contributed by atoms with E-state index in [0.29, 0.717) is 22.8 Å². The molecule has 0 aliphatic heterocycles. The molecule has 0 atom stereocenters. The maximum absolute atomic E-state index is 13.0. The molecule has 1 amide bonds. The van der Waals surface area contributed by atoms with Gasteiger partial charge in [0.05, 0.1) is 23.4 Å². The van der Waals surface area contributed by atoms with E-state index in [0.717, 1.165) is 0 Å². The van der Waals surface area contributed by atoms with E-state index < -0.39 is 15.9 Å². The van der Waals surface area contributed by atoms with E-state index in [1.807, 2.05) is 0 Å². The second-order valence-corrected chi connectivity index (χ2v) is 10.5. The summed E-state index contributed by atoms with van der Waals surface area (Å²) in [5.74, 6) is 0.461. The highest BCUT2D eigenvalue weighted by Gasteiger charge is 2.24. The number of carbonyl (C=O) groups is 1. The molecule has 13 heteroatoms. The van der Waals surface area contributed by atoms with Crippen molar-refractivity contribution in [3.05, 3.63) is 82.3 Å². The van der Waals surface area contributed by atoms with Gasteiger partial charge in [-0.3, -0.25) is 14.8 Å². The Kier molecular flexibility index (Phi) is 7.41. The molecule has 3 aromatic carbocycles. The highest BCUT2D eigenvalue weighted by Crippen LogP contribution is 2.37. The fourth-order valence-corrected chi connectivity index (χ4v) is 5.21. The molecular formula is C22H16Cl2N4O5S2. The Morgan fingerprint density at radius 2 is 1.66 bits per heavy atom. The zero-order valence-corrected chi connectivity index (χ0v) is 21.0. The van der Waals surface area contributed by atoms with Crippen molar-refractivity contribution >= 4 is 61.3 Å². The second-order valence-electron chi connectivity index (χ2n) is 6.81. The number of ether oxygens (including phenoxy) is 2. The molecule has 4 aromatic rings. The summed E-state index contributed by atoms with van der Waals surface area (Å²) >= 11 is 12.8. The molecule has 0 bridgehead atoms. The first-order chi connectivity index (χ1) is 16.8. The highest BCUT2D eigenvalue weighted by molar-refractivity contribution is 7.94. The molecule has 0 saturated heterocycles. The summed E-state index contributed by atoms with van der Waals surface area (Å²) in [7, 11) is -2.71. The minimum Gasteiger partial charge on any atom is -0.493 e. The van der Waals surface area contributed by atoms with Crippen LogP contribution in [0, 0.1) is 0 Å². The molecule has 0 spiro atoms. The molecule has 0 aliphatic rings. The number of hydrogen-bond acceptors (Lipinski definition) is 8. The lowest BCUT2D eigenvalue weighted by molar-refractivity contribution is 0.102. The Balaban J connectivity index is 1.56. The third kappa shape index (κ3) is 5.82. The maximum Gasteiger partial charge on any atom is 0.291 e. The molecule has 2 N–H and O–H groups in total. The SMILES string of the molecule is COc1ccccc1Oc1ccc(Cl)cc1NS(=O)(=O)c1nnc(NC(=O)c2ccccc2Cl)s1. The van der Waals surface area contributed by atoms with Crippen LogP contribution in [0.1, 0.15) is 10.4 Å². The highest BCUT2D eigenvalue weighted by atomic mass is 35.5. The van der Waals surface area contributed by atoms with Crippen molar-refractivity contribution < 1.29 is 22.7 Å². The Bertz CT molecular complexity index is 1490. The van der Waals surface area contributed by atoms with Crippen LogP contribution in [-0.2, 0) is 10.0 Å². The summed E-state index contributed by atoms with van der Waals surface area (Å²) < 4.78 is 39.2. The molecule has 180 valence electrons. The Hall–Kier alpha value is -3.38. The molecule has 4 rings (SSSR count). The molecule has 35 heavy (non-hydrogen) atoms. The van der Waals surface area contributed by atoms with Crippen molar-refractivity contribution in [2.75, 3.05) is 17.1 Å². The van der Waals surface area contributed by atoms with Crippen molar-refractivity contribution in [3.63, 3.8) is 0 Å². The van der Waals surface area contributed by atoms with Crippen LogP contribution in [0.3, 0.4) is 0 Å². The molecule has 0 unspecified atom stereocenters. The largest absolute Gasteiger partial charge is 0.493 e. The van der Waals surface area contributed by atoms with E-state index in [4.69, 9.17) is 32.7 Å².